The van der Waals surface area contributed by atoms with Crippen LogP contribution in [0.15, 0.2) is 22.7 Å². The van der Waals surface area contributed by atoms with Crippen molar-refractivity contribution in [2.45, 2.75) is 34.1 Å². The predicted octanol–water partition coefficient (Wildman–Crippen LogP) is 3.27. The molecule has 5 heteroatoms. The summed E-state index contributed by atoms with van der Waals surface area (Å²) in [4.78, 5) is 25.2. The quantitative estimate of drug-likeness (QED) is 0.852. The number of hydrogen-bond donors (Lipinski definition) is 1. The molecule has 0 atom stereocenters. The maximum absolute atomic E-state index is 12.0. The summed E-state index contributed by atoms with van der Waals surface area (Å²) in [6.45, 7) is 8.33. The number of nitrogens with one attached hydrogen (secondary N) is 1. The van der Waals surface area contributed by atoms with Gasteiger partial charge < -0.3 is 10.2 Å². The van der Waals surface area contributed by atoms with Crippen molar-refractivity contribution in [3.8, 4) is 0 Å². The van der Waals surface area contributed by atoms with E-state index in [4.69, 9.17) is 0 Å². The lowest BCUT2D eigenvalue weighted by Crippen LogP contribution is -2.40. The number of nitrogens with zero attached hydrogens (tertiary/aromatic N) is 1. The number of anilines is 1. The highest BCUT2D eigenvalue weighted by Crippen LogP contribution is 2.23. The molecule has 0 fully saturated rings. The van der Waals surface area contributed by atoms with E-state index < -0.39 is 0 Å². The molecule has 2 amide bonds. The first kappa shape index (κ1) is 17.7. The molecule has 1 aromatic carbocycles. The van der Waals surface area contributed by atoms with Gasteiger partial charge in [-0.3, -0.25) is 9.59 Å². The summed E-state index contributed by atoms with van der Waals surface area (Å²) in [6, 6.07) is 5.62. The second-order valence-corrected chi connectivity index (χ2v) is 6.43. The Bertz CT molecular complexity index is 515. The van der Waals surface area contributed by atoms with Crippen molar-refractivity contribution >= 4 is 33.4 Å². The maximum Gasteiger partial charge on any atom is 0.240 e. The highest BCUT2D eigenvalue weighted by atomic mass is 79.9. The van der Waals surface area contributed by atoms with E-state index in [9.17, 15) is 9.59 Å². The SMILES string of the molecule is CC(=O)N(CC(=O)NCCC(C)C)c1ccc(Br)c(C)c1. The van der Waals surface area contributed by atoms with Crippen molar-refractivity contribution in [2.24, 2.45) is 5.92 Å². The van der Waals surface area contributed by atoms with E-state index in [-0.39, 0.29) is 18.4 Å². The number of carbonyl (C=O) groups is 2. The molecule has 21 heavy (non-hydrogen) atoms. The summed E-state index contributed by atoms with van der Waals surface area (Å²) in [5, 5.41) is 2.85. The van der Waals surface area contributed by atoms with Gasteiger partial charge in [-0.05, 0) is 43.0 Å². The molecule has 0 aliphatic rings. The number of aryl methyl sites for hydroxylation is 1. The standard InChI is InChI=1S/C16H23BrN2O2/c1-11(2)7-8-18-16(21)10-19(13(4)20)14-5-6-15(17)12(3)9-14/h5-6,9,11H,7-8,10H2,1-4H3,(H,18,21). The Morgan fingerprint density at radius 3 is 2.52 bits per heavy atom. The van der Waals surface area contributed by atoms with Crippen molar-refractivity contribution in [3.63, 3.8) is 0 Å². The van der Waals surface area contributed by atoms with Crippen LogP contribution in [0.1, 0.15) is 32.8 Å². The summed E-state index contributed by atoms with van der Waals surface area (Å²) in [6.07, 6.45) is 0.934. The van der Waals surface area contributed by atoms with Crippen LogP contribution in [-0.4, -0.2) is 24.9 Å². The van der Waals surface area contributed by atoms with E-state index in [0.29, 0.717) is 12.5 Å². The Hall–Kier alpha value is -1.36. The molecule has 116 valence electrons. The van der Waals surface area contributed by atoms with Gasteiger partial charge in [-0.25, -0.2) is 0 Å². The first-order valence-electron chi connectivity index (χ1n) is 7.12. The number of halogens is 1. The van der Waals surface area contributed by atoms with Crippen LogP contribution in [0.4, 0.5) is 5.69 Å². The topological polar surface area (TPSA) is 49.4 Å². The molecule has 0 aliphatic heterocycles. The number of benzene rings is 1. The van der Waals surface area contributed by atoms with Crippen LogP contribution >= 0.6 is 15.9 Å². The summed E-state index contributed by atoms with van der Waals surface area (Å²) in [5.41, 5.74) is 1.76. The zero-order chi connectivity index (χ0) is 16.0. The van der Waals surface area contributed by atoms with Gasteiger partial charge in [0.05, 0.1) is 0 Å². The van der Waals surface area contributed by atoms with Crippen molar-refractivity contribution in [1.82, 2.24) is 5.32 Å². The summed E-state index contributed by atoms with van der Waals surface area (Å²) in [7, 11) is 0. The molecule has 0 spiro atoms. The largest absolute Gasteiger partial charge is 0.355 e. The molecule has 1 N–H and O–H groups in total. The van der Waals surface area contributed by atoms with Gasteiger partial charge in [0.25, 0.3) is 0 Å². The lowest BCUT2D eigenvalue weighted by atomic mass is 10.1. The highest BCUT2D eigenvalue weighted by molar-refractivity contribution is 9.10. The number of carbonyl (C=O) groups excluding carboxylic acids is 2. The fourth-order valence-electron chi connectivity index (χ4n) is 1.88. The molecule has 0 aliphatic carbocycles. The van der Waals surface area contributed by atoms with Crippen LogP contribution in [0, 0.1) is 12.8 Å². The predicted molar refractivity (Wildman–Crippen MR) is 89.4 cm³/mol. The van der Waals surface area contributed by atoms with Gasteiger partial charge in [-0.1, -0.05) is 29.8 Å². The lowest BCUT2D eigenvalue weighted by Gasteiger charge is -2.21. The van der Waals surface area contributed by atoms with Crippen molar-refractivity contribution in [1.29, 1.82) is 0 Å². The van der Waals surface area contributed by atoms with E-state index >= 15 is 0 Å². The normalized spacial score (nSPS) is 10.6. The van der Waals surface area contributed by atoms with Crippen LogP contribution < -0.4 is 10.2 Å². The molecular weight excluding hydrogens is 332 g/mol. The van der Waals surface area contributed by atoms with Gasteiger partial charge >= 0.3 is 0 Å². The second kappa shape index (κ2) is 8.17. The van der Waals surface area contributed by atoms with Gasteiger partial charge in [-0.2, -0.15) is 0 Å². The molecule has 1 aromatic rings. The summed E-state index contributed by atoms with van der Waals surface area (Å²) >= 11 is 3.43. The maximum atomic E-state index is 12.0. The fraction of sp³-hybridized carbons (Fsp3) is 0.500. The molecular formula is C16H23BrN2O2. The third kappa shape index (κ3) is 5.87. The number of rotatable bonds is 6. The van der Waals surface area contributed by atoms with E-state index in [1.807, 2.05) is 25.1 Å². The average molecular weight is 355 g/mol. The average Bonchev–Trinajstić information content (AvgIpc) is 2.38. The van der Waals surface area contributed by atoms with Gasteiger partial charge in [0.2, 0.25) is 11.8 Å². The van der Waals surface area contributed by atoms with Gasteiger partial charge in [-0.15, -0.1) is 0 Å². The van der Waals surface area contributed by atoms with Gasteiger partial charge in [0.15, 0.2) is 0 Å². The Kier molecular flexibility index (Phi) is 6.89. The number of hydrogen-bond acceptors (Lipinski definition) is 2. The third-order valence-electron chi connectivity index (χ3n) is 3.18. The first-order chi connectivity index (χ1) is 9.81. The molecule has 0 bridgehead atoms. The molecule has 0 saturated heterocycles. The Morgan fingerprint density at radius 2 is 2.00 bits per heavy atom. The van der Waals surface area contributed by atoms with Crippen molar-refractivity contribution in [3.05, 3.63) is 28.2 Å². The zero-order valence-electron chi connectivity index (χ0n) is 13.1. The molecule has 1 rings (SSSR count). The minimum Gasteiger partial charge on any atom is -0.355 e. The minimum atomic E-state index is -0.143. The van der Waals surface area contributed by atoms with Crippen LogP contribution in [-0.2, 0) is 9.59 Å². The first-order valence-corrected chi connectivity index (χ1v) is 7.91. The van der Waals surface area contributed by atoms with Crippen molar-refractivity contribution < 1.29 is 9.59 Å². The van der Waals surface area contributed by atoms with E-state index in [1.54, 1.807) is 0 Å². The fourth-order valence-corrected chi connectivity index (χ4v) is 2.13. The Morgan fingerprint density at radius 1 is 1.33 bits per heavy atom. The molecule has 0 unspecified atom stereocenters. The zero-order valence-corrected chi connectivity index (χ0v) is 14.7. The van der Waals surface area contributed by atoms with Gasteiger partial charge in [0.1, 0.15) is 6.54 Å². The molecule has 0 aromatic heterocycles. The highest BCUT2D eigenvalue weighted by Gasteiger charge is 2.16. The monoisotopic (exact) mass is 354 g/mol. The van der Waals surface area contributed by atoms with E-state index in [0.717, 1.165) is 22.1 Å². The lowest BCUT2D eigenvalue weighted by molar-refractivity contribution is -0.123. The second-order valence-electron chi connectivity index (χ2n) is 5.57. The van der Waals surface area contributed by atoms with Gasteiger partial charge in [0, 0.05) is 23.6 Å². The van der Waals surface area contributed by atoms with Crippen LogP contribution in [0.2, 0.25) is 0 Å². The molecule has 0 heterocycles. The molecule has 0 radical (unpaired) electrons. The number of amides is 2. The van der Waals surface area contributed by atoms with Crippen LogP contribution in [0.25, 0.3) is 0 Å². The Labute approximate surface area is 135 Å². The van der Waals surface area contributed by atoms with Crippen molar-refractivity contribution in [2.75, 3.05) is 18.0 Å². The Balaban J connectivity index is 2.71. The summed E-state index contributed by atoms with van der Waals surface area (Å²) < 4.78 is 0.983. The third-order valence-corrected chi connectivity index (χ3v) is 4.07. The molecule has 4 nitrogen and oxygen atoms in total. The minimum absolute atomic E-state index is 0.0501. The van der Waals surface area contributed by atoms with E-state index in [2.05, 4.69) is 35.1 Å². The van der Waals surface area contributed by atoms with Crippen LogP contribution in [0.5, 0.6) is 0 Å². The molecule has 0 saturated carbocycles. The van der Waals surface area contributed by atoms with Crippen LogP contribution in [0.3, 0.4) is 0 Å². The van der Waals surface area contributed by atoms with E-state index in [1.165, 1.54) is 11.8 Å². The summed E-state index contributed by atoms with van der Waals surface area (Å²) in [5.74, 6) is 0.269. The smallest absolute Gasteiger partial charge is 0.240 e.